The molecule has 0 radical (unpaired) electrons. The molecule has 8 nitrogen and oxygen atoms in total. The predicted molar refractivity (Wildman–Crippen MR) is 127 cm³/mol. The van der Waals surface area contributed by atoms with Gasteiger partial charge in [-0.1, -0.05) is 12.1 Å². The van der Waals surface area contributed by atoms with Gasteiger partial charge in [0, 0.05) is 37.3 Å². The minimum Gasteiger partial charge on any atom is -0.497 e. The number of ether oxygens (including phenoxy) is 2. The Hall–Kier alpha value is -3.46. The molecule has 4 rings (SSSR count). The summed E-state index contributed by atoms with van der Waals surface area (Å²) in [6, 6.07) is 11.7. The van der Waals surface area contributed by atoms with Crippen molar-refractivity contribution in [3.05, 3.63) is 65.5 Å². The van der Waals surface area contributed by atoms with Crippen LogP contribution in [0.1, 0.15) is 33.6 Å². The highest BCUT2D eigenvalue weighted by Crippen LogP contribution is 2.25. The quantitative estimate of drug-likeness (QED) is 0.682. The van der Waals surface area contributed by atoms with Crippen LogP contribution in [0.3, 0.4) is 0 Å². The third kappa shape index (κ3) is 5.97. The van der Waals surface area contributed by atoms with E-state index in [1.54, 1.807) is 40.1 Å². The fourth-order valence-electron chi connectivity index (χ4n) is 4.59. The Morgan fingerprint density at radius 2 is 1.66 bits per heavy atom. The highest BCUT2D eigenvalue weighted by atomic mass is 19.1. The topological polar surface area (TPSA) is 88.2 Å². The summed E-state index contributed by atoms with van der Waals surface area (Å²) in [4.78, 5) is 42.8. The summed E-state index contributed by atoms with van der Waals surface area (Å²) in [7, 11) is 1.53. The van der Waals surface area contributed by atoms with Gasteiger partial charge in [0.05, 0.1) is 20.3 Å². The Morgan fingerprint density at radius 3 is 2.34 bits per heavy atom. The van der Waals surface area contributed by atoms with Gasteiger partial charge >= 0.3 is 0 Å². The second-order valence-electron chi connectivity index (χ2n) is 8.76. The smallest absolute Gasteiger partial charge is 0.253 e. The maximum Gasteiger partial charge on any atom is 0.253 e. The first-order chi connectivity index (χ1) is 17.0. The fraction of sp³-hybridized carbons (Fsp3) is 0.423. The second kappa shape index (κ2) is 11.3. The molecule has 2 aromatic carbocycles. The summed E-state index contributed by atoms with van der Waals surface area (Å²) in [5.74, 6) is -0.774. The summed E-state index contributed by atoms with van der Waals surface area (Å²) in [6.07, 6.45) is 1.08. The van der Waals surface area contributed by atoms with Gasteiger partial charge in [0.15, 0.2) is 0 Å². The molecule has 0 saturated carbocycles. The molecule has 0 bridgehead atoms. The maximum absolute atomic E-state index is 13.6. The van der Waals surface area contributed by atoms with Crippen LogP contribution in [0.15, 0.2) is 48.5 Å². The highest BCUT2D eigenvalue weighted by molar-refractivity contribution is 5.98. The Balaban J connectivity index is 1.47. The van der Waals surface area contributed by atoms with Gasteiger partial charge in [-0.15, -0.1) is 0 Å². The number of likely N-dealkylation sites (tertiary alicyclic amines) is 1. The van der Waals surface area contributed by atoms with Crippen LogP contribution in [-0.2, 0) is 9.53 Å². The molecule has 1 atom stereocenters. The van der Waals surface area contributed by atoms with E-state index in [1.807, 2.05) is 0 Å². The van der Waals surface area contributed by atoms with Crippen LogP contribution >= 0.6 is 0 Å². The fourth-order valence-corrected chi connectivity index (χ4v) is 4.59. The van der Waals surface area contributed by atoms with Crippen molar-refractivity contribution in [2.75, 3.05) is 46.5 Å². The second-order valence-corrected chi connectivity index (χ2v) is 8.76. The van der Waals surface area contributed by atoms with E-state index in [2.05, 4.69) is 5.32 Å². The minimum atomic E-state index is -0.724. The monoisotopic (exact) mass is 483 g/mol. The number of halogens is 1. The zero-order valence-electron chi connectivity index (χ0n) is 19.7. The van der Waals surface area contributed by atoms with Crippen LogP contribution in [0.2, 0.25) is 0 Å². The normalized spacial score (nSPS) is 17.5. The Kier molecular flexibility index (Phi) is 7.97. The first-order valence-corrected chi connectivity index (χ1v) is 11.8. The number of hydrogen-bond acceptors (Lipinski definition) is 5. The lowest BCUT2D eigenvalue weighted by molar-refractivity contribution is -0.139. The SMILES string of the molecule is COc1cccc(C(=O)NC(C(=O)N2CCOCC2)C2CCN(C(=O)c3cccc(F)c3)CC2)c1. The van der Waals surface area contributed by atoms with Crippen molar-refractivity contribution < 1.29 is 28.2 Å². The van der Waals surface area contributed by atoms with Crippen LogP contribution in [0.25, 0.3) is 0 Å². The van der Waals surface area contributed by atoms with E-state index < -0.39 is 11.9 Å². The van der Waals surface area contributed by atoms with Crippen LogP contribution in [0.4, 0.5) is 4.39 Å². The summed E-state index contributed by atoms with van der Waals surface area (Å²) in [6.45, 7) is 2.71. The van der Waals surface area contributed by atoms with Crippen molar-refractivity contribution in [1.82, 2.24) is 15.1 Å². The molecule has 3 amide bonds. The molecule has 2 heterocycles. The molecule has 0 spiro atoms. The number of methoxy groups -OCH3 is 1. The Morgan fingerprint density at radius 1 is 0.971 bits per heavy atom. The van der Waals surface area contributed by atoms with Gasteiger partial charge in [0.1, 0.15) is 17.6 Å². The van der Waals surface area contributed by atoms with Crippen molar-refractivity contribution in [2.45, 2.75) is 18.9 Å². The standard InChI is InChI=1S/C26H30FN3O5/c1-34-22-7-3-4-19(17-22)24(31)28-23(26(33)30-12-14-35-15-13-30)18-8-10-29(11-9-18)25(32)20-5-2-6-21(27)16-20/h2-7,16-18,23H,8-15H2,1H3,(H,28,31). The van der Waals surface area contributed by atoms with Gasteiger partial charge in [-0.05, 0) is 55.2 Å². The molecule has 2 aromatic rings. The number of hydrogen-bond donors (Lipinski definition) is 1. The van der Waals surface area contributed by atoms with Gasteiger partial charge in [-0.2, -0.15) is 0 Å². The number of carbonyl (C=O) groups is 3. The van der Waals surface area contributed by atoms with E-state index in [4.69, 9.17) is 9.47 Å². The molecule has 35 heavy (non-hydrogen) atoms. The highest BCUT2D eigenvalue weighted by Gasteiger charge is 2.36. The van der Waals surface area contributed by atoms with Crippen LogP contribution < -0.4 is 10.1 Å². The molecule has 2 saturated heterocycles. The maximum atomic E-state index is 13.6. The average Bonchev–Trinajstić information content (AvgIpc) is 2.91. The lowest BCUT2D eigenvalue weighted by Crippen LogP contribution is -2.56. The zero-order chi connectivity index (χ0) is 24.8. The van der Waals surface area contributed by atoms with Crippen LogP contribution in [0.5, 0.6) is 5.75 Å². The molecular formula is C26H30FN3O5. The third-order valence-electron chi connectivity index (χ3n) is 6.58. The number of morpholine rings is 1. The van der Waals surface area contributed by atoms with Crippen molar-refractivity contribution in [2.24, 2.45) is 5.92 Å². The molecule has 2 aliphatic rings. The van der Waals surface area contributed by atoms with Gasteiger partial charge in [-0.25, -0.2) is 4.39 Å². The largest absolute Gasteiger partial charge is 0.497 e. The van der Waals surface area contributed by atoms with E-state index in [-0.39, 0.29) is 23.6 Å². The molecular weight excluding hydrogens is 453 g/mol. The van der Waals surface area contributed by atoms with Gasteiger partial charge < -0.3 is 24.6 Å². The van der Waals surface area contributed by atoms with Gasteiger partial charge in [0.2, 0.25) is 5.91 Å². The zero-order valence-corrected chi connectivity index (χ0v) is 19.7. The number of piperidine rings is 1. The third-order valence-corrected chi connectivity index (χ3v) is 6.58. The van der Waals surface area contributed by atoms with E-state index in [0.29, 0.717) is 69.1 Å². The molecule has 9 heteroatoms. The van der Waals surface area contributed by atoms with Crippen molar-refractivity contribution in [1.29, 1.82) is 0 Å². The van der Waals surface area contributed by atoms with E-state index in [0.717, 1.165) is 0 Å². The number of benzene rings is 2. The van der Waals surface area contributed by atoms with Crippen molar-refractivity contribution in [3.63, 3.8) is 0 Å². The Bertz CT molecular complexity index is 1060. The van der Waals surface area contributed by atoms with E-state index in [9.17, 15) is 18.8 Å². The average molecular weight is 484 g/mol. The van der Waals surface area contributed by atoms with Crippen LogP contribution in [-0.4, -0.2) is 80.1 Å². The van der Waals surface area contributed by atoms with Crippen molar-refractivity contribution >= 4 is 17.7 Å². The number of amides is 3. The number of carbonyl (C=O) groups excluding carboxylic acids is 3. The van der Waals surface area contributed by atoms with Crippen LogP contribution in [0, 0.1) is 11.7 Å². The molecule has 2 aliphatic heterocycles. The number of nitrogens with one attached hydrogen (secondary N) is 1. The summed E-state index contributed by atoms with van der Waals surface area (Å²) >= 11 is 0. The van der Waals surface area contributed by atoms with E-state index in [1.165, 1.54) is 25.3 Å². The summed E-state index contributed by atoms with van der Waals surface area (Å²) in [5, 5.41) is 2.96. The first-order valence-electron chi connectivity index (χ1n) is 11.8. The predicted octanol–water partition coefficient (Wildman–Crippen LogP) is 2.34. The molecule has 0 aliphatic carbocycles. The van der Waals surface area contributed by atoms with Gasteiger partial charge in [-0.3, -0.25) is 14.4 Å². The number of rotatable bonds is 6. The first kappa shape index (κ1) is 24.7. The summed E-state index contributed by atoms with van der Waals surface area (Å²) < 4.78 is 24.2. The molecule has 186 valence electrons. The summed E-state index contributed by atoms with van der Waals surface area (Å²) in [5.41, 5.74) is 0.707. The van der Waals surface area contributed by atoms with Gasteiger partial charge in [0.25, 0.3) is 11.8 Å². The minimum absolute atomic E-state index is 0.139. The van der Waals surface area contributed by atoms with Crippen molar-refractivity contribution in [3.8, 4) is 5.75 Å². The molecule has 0 aromatic heterocycles. The molecule has 1 N–H and O–H groups in total. The number of nitrogens with zero attached hydrogens (tertiary/aromatic N) is 2. The Labute approximate surface area is 204 Å². The van der Waals surface area contributed by atoms with E-state index >= 15 is 0 Å². The lowest BCUT2D eigenvalue weighted by Gasteiger charge is -2.38. The lowest BCUT2D eigenvalue weighted by atomic mass is 9.87. The molecule has 2 fully saturated rings. The molecule has 1 unspecified atom stereocenters.